The van der Waals surface area contributed by atoms with Crippen LogP contribution in [0.1, 0.15) is 17.6 Å². The number of aliphatic imine (C=N–C) groups is 1. The highest BCUT2D eigenvalue weighted by molar-refractivity contribution is 7.09. The van der Waals surface area contributed by atoms with Gasteiger partial charge in [0, 0.05) is 11.9 Å². The van der Waals surface area contributed by atoms with Gasteiger partial charge in [0.05, 0.1) is 13.1 Å². The van der Waals surface area contributed by atoms with Crippen molar-refractivity contribution in [1.82, 2.24) is 15.6 Å². The molecule has 0 saturated carbocycles. The number of thiazole rings is 1. The summed E-state index contributed by atoms with van der Waals surface area (Å²) >= 11 is 0.926. The number of terminal acetylenes is 1. The highest BCUT2D eigenvalue weighted by Gasteiger charge is 2.33. The standard InChI is InChI=1S/C11H13F3N4S/c1-3-5-16-10(15-4-2)17-6-9-18-8(7-19-9)11(12,13)14/h1,7H,4-6H2,2H3,(H2,15,16,17). The molecule has 0 bridgehead atoms. The number of aromatic nitrogens is 1. The summed E-state index contributed by atoms with van der Waals surface area (Å²) in [6.45, 7) is 2.86. The van der Waals surface area contributed by atoms with Crippen LogP contribution < -0.4 is 10.6 Å². The maximum Gasteiger partial charge on any atom is 0.434 e. The molecule has 0 radical (unpaired) electrons. The molecule has 4 nitrogen and oxygen atoms in total. The molecule has 19 heavy (non-hydrogen) atoms. The summed E-state index contributed by atoms with van der Waals surface area (Å²) in [6.07, 6.45) is 0.689. The number of hydrogen-bond donors (Lipinski definition) is 2. The highest BCUT2D eigenvalue weighted by atomic mass is 32.1. The van der Waals surface area contributed by atoms with E-state index in [-0.39, 0.29) is 13.1 Å². The lowest BCUT2D eigenvalue weighted by atomic mass is 10.5. The van der Waals surface area contributed by atoms with Crippen molar-refractivity contribution in [2.24, 2.45) is 4.99 Å². The first-order chi connectivity index (χ1) is 8.97. The number of halogens is 3. The van der Waals surface area contributed by atoms with E-state index >= 15 is 0 Å². The van der Waals surface area contributed by atoms with Crippen LogP contribution in [-0.4, -0.2) is 24.0 Å². The quantitative estimate of drug-likeness (QED) is 0.505. The average Bonchev–Trinajstić information content (AvgIpc) is 2.81. The predicted molar refractivity (Wildman–Crippen MR) is 68.8 cm³/mol. The van der Waals surface area contributed by atoms with E-state index in [1.807, 2.05) is 6.92 Å². The van der Waals surface area contributed by atoms with E-state index < -0.39 is 11.9 Å². The molecule has 0 amide bonds. The van der Waals surface area contributed by atoms with Crippen LogP contribution in [0.3, 0.4) is 0 Å². The summed E-state index contributed by atoms with van der Waals surface area (Å²) in [5, 5.41) is 7.03. The normalized spacial score (nSPS) is 12.1. The fraction of sp³-hybridized carbons (Fsp3) is 0.455. The van der Waals surface area contributed by atoms with Crippen LogP contribution in [0.5, 0.6) is 0 Å². The molecule has 0 unspecified atom stereocenters. The largest absolute Gasteiger partial charge is 0.434 e. The Balaban J connectivity index is 2.67. The van der Waals surface area contributed by atoms with Gasteiger partial charge in [0.2, 0.25) is 0 Å². The average molecular weight is 290 g/mol. The Hall–Kier alpha value is -1.75. The Kier molecular flexibility index (Phi) is 5.63. The van der Waals surface area contributed by atoms with Gasteiger partial charge in [-0.1, -0.05) is 5.92 Å². The molecule has 2 N–H and O–H groups in total. The van der Waals surface area contributed by atoms with Crippen molar-refractivity contribution >= 4 is 17.3 Å². The van der Waals surface area contributed by atoms with Gasteiger partial charge in [-0.3, -0.25) is 0 Å². The summed E-state index contributed by atoms with van der Waals surface area (Å²) in [5.74, 6) is 2.83. The van der Waals surface area contributed by atoms with Crippen LogP contribution in [0.25, 0.3) is 0 Å². The van der Waals surface area contributed by atoms with Crippen molar-refractivity contribution < 1.29 is 13.2 Å². The third-order valence-corrected chi connectivity index (χ3v) is 2.75. The van der Waals surface area contributed by atoms with Gasteiger partial charge in [0.15, 0.2) is 11.7 Å². The zero-order chi connectivity index (χ0) is 14.3. The summed E-state index contributed by atoms with van der Waals surface area (Å²) in [4.78, 5) is 7.58. The van der Waals surface area contributed by atoms with Crippen LogP contribution in [0.15, 0.2) is 10.4 Å². The fourth-order valence-electron chi connectivity index (χ4n) is 1.14. The second-order valence-corrected chi connectivity index (χ2v) is 4.32. The smallest absolute Gasteiger partial charge is 0.357 e. The maximum atomic E-state index is 12.3. The maximum absolute atomic E-state index is 12.3. The van der Waals surface area contributed by atoms with Crippen LogP contribution >= 0.6 is 11.3 Å². The minimum Gasteiger partial charge on any atom is -0.357 e. The Morgan fingerprint density at radius 3 is 2.79 bits per heavy atom. The molecule has 1 rings (SSSR count). The number of hydrogen-bond acceptors (Lipinski definition) is 3. The zero-order valence-electron chi connectivity index (χ0n) is 10.2. The van der Waals surface area contributed by atoms with Crippen molar-refractivity contribution in [3.8, 4) is 12.3 Å². The van der Waals surface area contributed by atoms with Crippen molar-refractivity contribution in [3.05, 3.63) is 16.1 Å². The molecular weight excluding hydrogens is 277 g/mol. The van der Waals surface area contributed by atoms with E-state index in [9.17, 15) is 13.2 Å². The minimum absolute atomic E-state index is 0.0701. The molecule has 1 aromatic heterocycles. The van der Waals surface area contributed by atoms with Gasteiger partial charge in [0.25, 0.3) is 0 Å². The fourth-order valence-corrected chi connectivity index (χ4v) is 1.86. The van der Waals surface area contributed by atoms with Gasteiger partial charge in [-0.25, -0.2) is 9.98 Å². The van der Waals surface area contributed by atoms with Crippen molar-refractivity contribution in [1.29, 1.82) is 0 Å². The Bertz CT molecular complexity index is 473. The van der Waals surface area contributed by atoms with Crippen LogP contribution in [0.4, 0.5) is 13.2 Å². The Morgan fingerprint density at radius 1 is 1.53 bits per heavy atom. The van der Waals surface area contributed by atoms with Gasteiger partial charge in [-0.15, -0.1) is 17.8 Å². The first kappa shape index (κ1) is 15.3. The molecule has 0 aliphatic heterocycles. The predicted octanol–water partition coefficient (Wildman–Crippen LogP) is 1.85. The lowest BCUT2D eigenvalue weighted by Gasteiger charge is -2.07. The number of alkyl halides is 3. The molecular formula is C11H13F3N4S. The lowest BCUT2D eigenvalue weighted by Crippen LogP contribution is -2.37. The van der Waals surface area contributed by atoms with Gasteiger partial charge in [0.1, 0.15) is 5.01 Å². The third-order valence-electron chi connectivity index (χ3n) is 1.92. The van der Waals surface area contributed by atoms with Gasteiger partial charge in [-0.2, -0.15) is 13.2 Å². The molecule has 0 spiro atoms. The number of nitrogens with one attached hydrogen (secondary N) is 2. The van der Waals surface area contributed by atoms with E-state index in [0.29, 0.717) is 17.5 Å². The number of nitrogens with zero attached hydrogens (tertiary/aromatic N) is 2. The van der Waals surface area contributed by atoms with Crippen molar-refractivity contribution in [2.75, 3.05) is 13.1 Å². The molecule has 0 aromatic carbocycles. The zero-order valence-corrected chi connectivity index (χ0v) is 11.0. The van der Waals surface area contributed by atoms with Crippen LogP contribution in [-0.2, 0) is 12.7 Å². The van der Waals surface area contributed by atoms with E-state index in [1.54, 1.807) is 0 Å². The van der Waals surface area contributed by atoms with Crippen molar-refractivity contribution in [3.63, 3.8) is 0 Å². The molecule has 104 valence electrons. The first-order valence-corrected chi connectivity index (χ1v) is 6.32. The van der Waals surface area contributed by atoms with E-state index in [0.717, 1.165) is 16.7 Å². The lowest BCUT2D eigenvalue weighted by molar-refractivity contribution is -0.140. The Morgan fingerprint density at radius 2 is 2.26 bits per heavy atom. The van der Waals surface area contributed by atoms with Crippen LogP contribution in [0.2, 0.25) is 0 Å². The summed E-state index contributed by atoms with van der Waals surface area (Å²) in [5.41, 5.74) is -0.885. The van der Waals surface area contributed by atoms with Crippen molar-refractivity contribution in [2.45, 2.75) is 19.6 Å². The molecule has 8 heteroatoms. The second kappa shape index (κ2) is 6.99. The first-order valence-electron chi connectivity index (χ1n) is 5.44. The monoisotopic (exact) mass is 290 g/mol. The van der Waals surface area contributed by atoms with Gasteiger partial charge in [-0.05, 0) is 6.92 Å². The third kappa shape index (κ3) is 5.18. The second-order valence-electron chi connectivity index (χ2n) is 3.38. The molecule has 1 aromatic rings. The van der Waals surface area contributed by atoms with E-state index in [1.165, 1.54) is 0 Å². The van der Waals surface area contributed by atoms with Gasteiger partial charge >= 0.3 is 6.18 Å². The SMILES string of the molecule is C#CCNC(=NCc1nc(C(F)(F)F)cs1)NCC. The van der Waals surface area contributed by atoms with Gasteiger partial charge < -0.3 is 10.6 Å². The molecule has 0 atom stereocenters. The number of guanidine groups is 1. The highest BCUT2D eigenvalue weighted by Crippen LogP contribution is 2.30. The molecule has 0 aliphatic carbocycles. The molecule has 1 heterocycles. The summed E-state index contributed by atoms with van der Waals surface area (Å²) in [7, 11) is 0. The Labute approximate surface area is 113 Å². The van der Waals surface area contributed by atoms with E-state index in [4.69, 9.17) is 6.42 Å². The van der Waals surface area contributed by atoms with E-state index in [2.05, 4.69) is 26.5 Å². The molecule has 0 fully saturated rings. The minimum atomic E-state index is -4.41. The molecule has 0 saturated heterocycles. The molecule has 0 aliphatic rings. The summed E-state index contributed by atoms with van der Waals surface area (Å²) in [6, 6.07) is 0. The number of rotatable bonds is 4. The topological polar surface area (TPSA) is 49.3 Å². The summed E-state index contributed by atoms with van der Waals surface area (Å²) < 4.78 is 37.0. The van der Waals surface area contributed by atoms with Crippen LogP contribution in [0, 0.1) is 12.3 Å².